The van der Waals surface area contributed by atoms with Crippen molar-refractivity contribution in [3.8, 4) is 50.7 Å². The molecule has 0 atom stereocenters. The third kappa shape index (κ3) is 4.96. The van der Waals surface area contributed by atoms with Gasteiger partial charge in [0.15, 0.2) is 5.82 Å². The summed E-state index contributed by atoms with van der Waals surface area (Å²) >= 11 is 0. The monoisotopic (exact) mass is 729 g/mol. The maximum Gasteiger partial charge on any atom is 0.160 e. The molecule has 4 heterocycles. The average molecular weight is 730 g/mol. The fourth-order valence-electron chi connectivity index (χ4n) is 8.64. The SMILES string of the molecule is c1ccc(-c2cc(-c3cccc4oc5ccc(-c6cccc7c8ccccc8n(-c8ccccc8)c67)cc5c34)nc(-c3ccc4c(c3)oc3ccccc34)n2)cc1. The second kappa shape index (κ2) is 12.4. The van der Waals surface area contributed by atoms with E-state index in [1.807, 2.05) is 48.5 Å². The Morgan fingerprint density at radius 2 is 1.02 bits per heavy atom. The summed E-state index contributed by atoms with van der Waals surface area (Å²) in [4.78, 5) is 10.4. The van der Waals surface area contributed by atoms with Crippen LogP contribution in [0.15, 0.2) is 197 Å². The number of hydrogen-bond donors (Lipinski definition) is 0. The Morgan fingerprint density at radius 1 is 0.368 bits per heavy atom. The molecule has 5 heteroatoms. The largest absolute Gasteiger partial charge is 0.456 e. The zero-order chi connectivity index (χ0) is 37.5. The lowest BCUT2D eigenvalue weighted by molar-refractivity contribution is 0.668. The first-order valence-electron chi connectivity index (χ1n) is 19.1. The fourth-order valence-corrected chi connectivity index (χ4v) is 8.64. The van der Waals surface area contributed by atoms with E-state index in [1.54, 1.807) is 0 Å². The minimum Gasteiger partial charge on any atom is -0.456 e. The molecule has 0 N–H and O–H groups in total. The van der Waals surface area contributed by atoms with Gasteiger partial charge in [-0.1, -0.05) is 127 Å². The molecule has 0 bridgehead atoms. The highest BCUT2D eigenvalue weighted by Gasteiger charge is 2.20. The molecule has 0 spiro atoms. The van der Waals surface area contributed by atoms with E-state index in [0.717, 1.165) is 88.8 Å². The second-order valence-electron chi connectivity index (χ2n) is 14.5. The molecule has 0 saturated heterocycles. The lowest BCUT2D eigenvalue weighted by Crippen LogP contribution is -1.96. The van der Waals surface area contributed by atoms with Crippen LogP contribution in [0.3, 0.4) is 0 Å². The van der Waals surface area contributed by atoms with Crippen molar-refractivity contribution in [1.29, 1.82) is 0 Å². The van der Waals surface area contributed by atoms with Crippen LogP contribution in [0.25, 0.3) is 116 Å². The van der Waals surface area contributed by atoms with Crippen LogP contribution < -0.4 is 0 Å². The molecule has 266 valence electrons. The molecule has 0 saturated carbocycles. The van der Waals surface area contributed by atoms with E-state index in [0.29, 0.717) is 5.82 Å². The van der Waals surface area contributed by atoms with E-state index in [2.05, 4.69) is 144 Å². The van der Waals surface area contributed by atoms with Crippen LogP contribution in [0.5, 0.6) is 0 Å². The van der Waals surface area contributed by atoms with Gasteiger partial charge >= 0.3 is 0 Å². The maximum atomic E-state index is 6.58. The Morgan fingerprint density at radius 3 is 1.91 bits per heavy atom. The second-order valence-corrected chi connectivity index (χ2v) is 14.5. The quantitative estimate of drug-likeness (QED) is 0.177. The van der Waals surface area contributed by atoms with Gasteiger partial charge in [-0.3, -0.25) is 0 Å². The Bertz CT molecular complexity index is 3520. The van der Waals surface area contributed by atoms with E-state index < -0.39 is 0 Å². The van der Waals surface area contributed by atoms with E-state index >= 15 is 0 Å². The van der Waals surface area contributed by atoms with Crippen molar-refractivity contribution >= 4 is 65.7 Å². The summed E-state index contributed by atoms with van der Waals surface area (Å²) in [5.41, 5.74) is 13.6. The lowest BCUT2D eigenvalue weighted by Gasteiger charge is -2.12. The van der Waals surface area contributed by atoms with Crippen LogP contribution in [0, 0.1) is 0 Å². The standard InChI is InChI=1S/C52H31N3O2/c1-3-13-32(14-4-1)43-31-44(54-52(53-43)34-25-27-39-38-18-8-10-23-46(38)57-49(39)30-34)41-21-12-24-48-50(41)42-29-33(26-28-47(42)56-48)36-19-11-20-40-37-17-7-9-22-45(37)55(51(36)40)35-15-5-2-6-16-35/h1-31H. The highest BCUT2D eigenvalue weighted by Crippen LogP contribution is 2.42. The van der Waals surface area contributed by atoms with Gasteiger partial charge in [-0.15, -0.1) is 0 Å². The molecule has 0 aliphatic rings. The van der Waals surface area contributed by atoms with Crippen LogP contribution >= 0.6 is 0 Å². The zero-order valence-corrected chi connectivity index (χ0v) is 30.6. The molecule has 0 unspecified atom stereocenters. The Kier molecular flexibility index (Phi) is 6.86. The van der Waals surface area contributed by atoms with Gasteiger partial charge in [0.05, 0.1) is 22.4 Å². The van der Waals surface area contributed by atoms with Crippen molar-refractivity contribution in [3.05, 3.63) is 188 Å². The fraction of sp³-hybridized carbons (Fsp3) is 0. The van der Waals surface area contributed by atoms with Crippen molar-refractivity contribution in [2.75, 3.05) is 0 Å². The summed E-state index contributed by atoms with van der Waals surface area (Å²) in [6.45, 7) is 0. The van der Waals surface area contributed by atoms with Gasteiger partial charge in [0, 0.05) is 60.3 Å². The zero-order valence-electron chi connectivity index (χ0n) is 30.6. The van der Waals surface area contributed by atoms with E-state index in [4.69, 9.17) is 18.8 Å². The Labute approximate surface area is 326 Å². The van der Waals surface area contributed by atoms with Crippen LogP contribution in [0.4, 0.5) is 0 Å². The molecule has 0 amide bonds. The molecule has 8 aromatic carbocycles. The van der Waals surface area contributed by atoms with Crippen molar-refractivity contribution in [3.63, 3.8) is 0 Å². The molecule has 0 aliphatic carbocycles. The van der Waals surface area contributed by atoms with Crippen molar-refractivity contribution in [1.82, 2.24) is 14.5 Å². The van der Waals surface area contributed by atoms with Crippen LogP contribution in [-0.4, -0.2) is 14.5 Å². The number of nitrogens with zero attached hydrogens (tertiary/aromatic N) is 3. The Hall–Kier alpha value is -7.76. The molecule has 0 radical (unpaired) electrons. The summed E-state index contributed by atoms with van der Waals surface area (Å²) in [5, 5.41) is 6.65. The number of benzene rings is 8. The topological polar surface area (TPSA) is 57.0 Å². The minimum absolute atomic E-state index is 0.625. The molecule has 12 aromatic rings. The molecular weight excluding hydrogens is 699 g/mol. The molecule has 4 aromatic heterocycles. The summed E-state index contributed by atoms with van der Waals surface area (Å²) in [6.07, 6.45) is 0. The Balaban J connectivity index is 1.08. The average Bonchev–Trinajstić information content (AvgIpc) is 3.96. The molecular formula is C52H31N3O2. The molecule has 0 aliphatic heterocycles. The van der Waals surface area contributed by atoms with Crippen molar-refractivity contribution in [2.24, 2.45) is 0 Å². The van der Waals surface area contributed by atoms with Crippen LogP contribution in [-0.2, 0) is 0 Å². The predicted molar refractivity (Wildman–Crippen MR) is 233 cm³/mol. The first kappa shape index (κ1) is 31.6. The van der Waals surface area contributed by atoms with Gasteiger partial charge in [0.2, 0.25) is 0 Å². The third-order valence-corrected chi connectivity index (χ3v) is 11.2. The molecule has 12 rings (SSSR count). The van der Waals surface area contributed by atoms with Gasteiger partial charge < -0.3 is 13.4 Å². The van der Waals surface area contributed by atoms with Crippen molar-refractivity contribution in [2.45, 2.75) is 0 Å². The van der Waals surface area contributed by atoms with Gasteiger partial charge in [-0.05, 0) is 66.2 Å². The van der Waals surface area contributed by atoms with Crippen molar-refractivity contribution < 1.29 is 8.83 Å². The first-order chi connectivity index (χ1) is 28.2. The lowest BCUT2D eigenvalue weighted by atomic mass is 9.97. The number of hydrogen-bond acceptors (Lipinski definition) is 4. The van der Waals surface area contributed by atoms with E-state index in [9.17, 15) is 0 Å². The summed E-state index contributed by atoms with van der Waals surface area (Å²) in [5.74, 6) is 0.625. The van der Waals surface area contributed by atoms with Gasteiger partial charge in [-0.2, -0.15) is 0 Å². The van der Waals surface area contributed by atoms with Gasteiger partial charge in [0.25, 0.3) is 0 Å². The highest BCUT2D eigenvalue weighted by molar-refractivity contribution is 6.16. The molecule has 0 fully saturated rings. The number of furan rings is 2. The maximum absolute atomic E-state index is 6.58. The summed E-state index contributed by atoms with van der Waals surface area (Å²) in [6, 6.07) is 65.5. The minimum atomic E-state index is 0.625. The normalized spacial score (nSPS) is 11.9. The highest BCUT2D eigenvalue weighted by atomic mass is 16.3. The summed E-state index contributed by atoms with van der Waals surface area (Å²) in [7, 11) is 0. The molecule has 5 nitrogen and oxygen atoms in total. The number of para-hydroxylation sites is 4. The number of aromatic nitrogens is 3. The number of rotatable bonds is 5. The smallest absolute Gasteiger partial charge is 0.160 e. The van der Waals surface area contributed by atoms with Gasteiger partial charge in [-0.25, -0.2) is 9.97 Å². The predicted octanol–water partition coefficient (Wildman–Crippen LogP) is 14.0. The van der Waals surface area contributed by atoms with E-state index in [1.165, 1.54) is 21.8 Å². The van der Waals surface area contributed by atoms with E-state index in [-0.39, 0.29) is 0 Å². The van der Waals surface area contributed by atoms with Crippen LogP contribution in [0.1, 0.15) is 0 Å². The third-order valence-electron chi connectivity index (χ3n) is 11.2. The van der Waals surface area contributed by atoms with Gasteiger partial charge in [0.1, 0.15) is 22.3 Å². The number of fused-ring (bicyclic) bond motifs is 9. The molecule has 57 heavy (non-hydrogen) atoms. The first-order valence-corrected chi connectivity index (χ1v) is 19.1. The summed E-state index contributed by atoms with van der Waals surface area (Å²) < 4.78 is 15.3. The van der Waals surface area contributed by atoms with Crippen LogP contribution in [0.2, 0.25) is 0 Å².